The quantitative estimate of drug-likeness (QED) is 0.788. The smallest absolute Gasteiger partial charge is 0.326 e. The zero-order valence-corrected chi connectivity index (χ0v) is 11.0. The first-order valence-electron chi connectivity index (χ1n) is 6.07. The number of hydrogen-bond acceptors (Lipinski definition) is 2. The molecule has 0 aromatic heterocycles. The minimum absolute atomic E-state index is 0.266. The van der Waals surface area contributed by atoms with E-state index < -0.39 is 17.4 Å². The molecule has 1 atom stereocenters. The van der Waals surface area contributed by atoms with Crippen LogP contribution >= 0.6 is 0 Å². The summed E-state index contributed by atoms with van der Waals surface area (Å²) in [4.78, 5) is 24.8. The van der Waals surface area contributed by atoms with Gasteiger partial charge in [0, 0.05) is 12.6 Å². The van der Waals surface area contributed by atoms with E-state index in [0.29, 0.717) is 12.6 Å². The monoisotopic (exact) mass is 242 g/mol. The average Bonchev–Trinajstić information content (AvgIpc) is 2.97. The first-order chi connectivity index (χ1) is 7.77. The number of nitrogens with one attached hydrogen (secondary N) is 1. The second-order valence-corrected chi connectivity index (χ2v) is 5.60. The molecule has 2 N–H and O–H groups in total. The molecular formula is C12H22N2O3. The Morgan fingerprint density at radius 1 is 1.41 bits per heavy atom. The van der Waals surface area contributed by atoms with E-state index >= 15 is 0 Å². The molecule has 1 saturated carbocycles. The summed E-state index contributed by atoms with van der Waals surface area (Å²) < 4.78 is 0. The zero-order chi connectivity index (χ0) is 13.2. The number of nitrogens with zero attached hydrogens (tertiary/aromatic N) is 1. The van der Waals surface area contributed by atoms with Crippen LogP contribution in [0.15, 0.2) is 0 Å². The molecule has 0 saturated heterocycles. The molecule has 1 aliphatic carbocycles. The van der Waals surface area contributed by atoms with Gasteiger partial charge in [0.2, 0.25) is 0 Å². The molecule has 0 heterocycles. The second kappa shape index (κ2) is 4.94. The summed E-state index contributed by atoms with van der Waals surface area (Å²) in [7, 11) is 0. The lowest BCUT2D eigenvalue weighted by atomic mass is 9.87. The Labute approximate surface area is 102 Å². The van der Waals surface area contributed by atoms with E-state index in [2.05, 4.69) is 5.32 Å². The van der Waals surface area contributed by atoms with Gasteiger partial charge in [0.05, 0.1) is 0 Å². The second-order valence-electron chi connectivity index (χ2n) is 5.60. The van der Waals surface area contributed by atoms with Crippen molar-refractivity contribution >= 4 is 12.0 Å². The molecule has 98 valence electrons. The van der Waals surface area contributed by atoms with Crippen LogP contribution in [0.2, 0.25) is 0 Å². The fourth-order valence-electron chi connectivity index (χ4n) is 1.81. The molecule has 1 unspecified atom stereocenters. The largest absolute Gasteiger partial charge is 0.480 e. The van der Waals surface area contributed by atoms with Crippen LogP contribution in [0.3, 0.4) is 0 Å². The summed E-state index contributed by atoms with van der Waals surface area (Å²) in [5.41, 5.74) is -0.496. The maximum atomic E-state index is 12.0. The summed E-state index contributed by atoms with van der Waals surface area (Å²) in [5, 5.41) is 11.7. The fraction of sp³-hybridized carbons (Fsp3) is 0.833. The van der Waals surface area contributed by atoms with E-state index in [0.717, 1.165) is 12.8 Å². The van der Waals surface area contributed by atoms with Gasteiger partial charge in [-0.15, -0.1) is 0 Å². The van der Waals surface area contributed by atoms with Crippen LogP contribution in [0.25, 0.3) is 0 Å². The van der Waals surface area contributed by atoms with Gasteiger partial charge in [0.15, 0.2) is 0 Å². The molecule has 0 aliphatic heterocycles. The number of carbonyl (C=O) groups is 2. The Morgan fingerprint density at radius 3 is 2.24 bits per heavy atom. The maximum absolute atomic E-state index is 12.0. The van der Waals surface area contributed by atoms with Crippen LogP contribution in [0, 0.1) is 5.41 Å². The summed E-state index contributed by atoms with van der Waals surface area (Å²) in [6.07, 6.45) is 2.04. The van der Waals surface area contributed by atoms with Crippen molar-refractivity contribution < 1.29 is 14.7 Å². The Balaban J connectivity index is 2.66. The van der Waals surface area contributed by atoms with Crippen molar-refractivity contribution in [3.8, 4) is 0 Å². The van der Waals surface area contributed by atoms with E-state index in [1.54, 1.807) is 25.7 Å². The summed E-state index contributed by atoms with van der Waals surface area (Å²) in [6, 6.07) is -0.825. The summed E-state index contributed by atoms with van der Waals surface area (Å²) >= 11 is 0. The summed E-state index contributed by atoms with van der Waals surface area (Å²) in [5.74, 6) is -0.988. The number of rotatable bonds is 4. The van der Waals surface area contributed by atoms with Crippen LogP contribution in [0.4, 0.5) is 4.79 Å². The number of carboxylic acid groups (broad SMARTS) is 1. The number of carbonyl (C=O) groups excluding carboxylic acids is 1. The van der Waals surface area contributed by atoms with Crippen LogP contribution in [0.5, 0.6) is 0 Å². The number of hydrogen-bond donors (Lipinski definition) is 2. The van der Waals surface area contributed by atoms with E-state index in [9.17, 15) is 9.59 Å². The predicted octanol–water partition coefficient (Wildman–Crippen LogP) is 1.68. The molecule has 1 fully saturated rings. The summed E-state index contributed by atoms with van der Waals surface area (Å²) in [6.45, 7) is 7.94. The van der Waals surface area contributed by atoms with Gasteiger partial charge >= 0.3 is 12.0 Å². The van der Waals surface area contributed by atoms with Gasteiger partial charge in [-0.3, -0.25) is 0 Å². The Bertz CT molecular complexity index is 305. The third-order valence-electron chi connectivity index (χ3n) is 2.97. The van der Waals surface area contributed by atoms with Crippen molar-refractivity contribution in [2.24, 2.45) is 5.41 Å². The predicted molar refractivity (Wildman–Crippen MR) is 64.8 cm³/mol. The molecule has 0 aromatic rings. The molecule has 0 aromatic carbocycles. The van der Waals surface area contributed by atoms with Crippen molar-refractivity contribution in [2.45, 2.75) is 52.6 Å². The highest BCUT2D eigenvalue weighted by Gasteiger charge is 2.37. The Kier molecular flexibility index (Phi) is 4.01. The minimum atomic E-state index is -0.988. The molecule has 17 heavy (non-hydrogen) atoms. The minimum Gasteiger partial charge on any atom is -0.480 e. The highest BCUT2D eigenvalue weighted by Crippen LogP contribution is 2.27. The number of carboxylic acids is 1. The van der Waals surface area contributed by atoms with Gasteiger partial charge in [0.25, 0.3) is 0 Å². The highest BCUT2D eigenvalue weighted by atomic mass is 16.4. The Hall–Kier alpha value is -1.26. The maximum Gasteiger partial charge on any atom is 0.326 e. The van der Waals surface area contributed by atoms with Crippen molar-refractivity contribution in [3.05, 3.63) is 0 Å². The van der Waals surface area contributed by atoms with Gasteiger partial charge in [-0.25, -0.2) is 9.59 Å². The molecule has 0 radical (unpaired) electrons. The van der Waals surface area contributed by atoms with Gasteiger partial charge in [0.1, 0.15) is 6.04 Å². The van der Waals surface area contributed by atoms with Crippen LogP contribution in [-0.4, -0.2) is 40.6 Å². The van der Waals surface area contributed by atoms with E-state index in [1.807, 2.05) is 6.92 Å². The van der Waals surface area contributed by atoms with Crippen molar-refractivity contribution in [2.75, 3.05) is 6.54 Å². The molecule has 1 rings (SSSR count). The number of aliphatic carboxylic acids is 1. The van der Waals surface area contributed by atoms with Gasteiger partial charge < -0.3 is 15.3 Å². The van der Waals surface area contributed by atoms with Crippen LogP contribution in [0.1, 0.15) is 40.5 Å². The number of urea groups is 1. The third-order valence-corrected chi connectivity index (χ3v) is 2.97. The zero-order valence-electron chi connectivity index (χ0n) is 11.0. The van der Waals surface area contributed by atoms with Crippen LogP contribution < -0.4 is 5.32 Å². The molecule has 0 bridgehead atoms. The lowest BCUT2D eigenvalue weighted by Gasteiger charge is -2.30. The van der Waals surface area contributed by atoms with E-state index in [1.165, 1.54) is 0 Å². The highest BCUT2D eigenvalue weighted by molar-refractivity contribution is 5.83. The Morgan fingerprint density at radius 2 is 1.94 bits per heavy atom. The number of amides is 2. The third kappa shape index (κ3) is 3.61. The normalized spacial score (nSPS) is 17.4. The lowest BCUT2D eigenvalue weighted by Crippen LogP contribution is -2.53. The van der Waals surface area contributed by atoms with Gasteiger partial charge in [-0.05, 0) is 25.2 Å². The van der Waals surface area contributed by atoms with E-state index in [-0.39, 0.29) is 6.03 Å². The van der Waals surface area contributed by atoms with Crippen LogP contribution in [-0.2, 0) is 4.79 Å². The molecule has 5 nitrogen and oxygen atoms in total. The molecule has 2 amide bonds. The topological polar surface area (TPSA) is 69.6 Å². The SMILES string of the molecule is CCN(C(=O)NC(C(=O)O)C(C)(C)C)C1CC1. The molecular weight excluding hydrogens is 220 g/mol. The fourth-order valence-corrected chi connectivity index (χ4v) is 1.81. The molecule has 0 spiro atoms. The van der Waals surface area contributed by atoms with E-state index in [4.69, 9.17) is 5.11 Å². The average molecular weight is 242 g/mol. The molecule has 5 heteroatoms. The lowest BCUT2D eigenvalue weighted by molar-refractivity contribution is -0.142. The van der Waals surface area contributed by atoms with Gasteiger partial charge in [-0.1, -0.05) is 20.8 Å². The molecule has 1 aliphatic rings. The standard InChI is InChI=1S/C12H22N2O3/c1-5-14(8-6-7-8)11(17)13-9(10(15)16)12(2,3)4/h8-9H,5-7H2,1-4H3,(H,13,17)(H,15,16). The van der Waals surface area contributed by atoms with Crippen molar-refractivity contribution in [1.82, 2.24) is 10.2 Å². The van der Waals surface area contributed by atoms with Crippen molar-refractivity contribution in [3.63, 3.8) is 0 Å². The first kappa shape index (κ1) is 13.8. The van der Waals surface area contributed by atoms with Gasteiger partial charge in [-0.2, -0.15) is 0 Å². The van der Waals surface area contributed by atoms with Crippen molar-refractivity contribution in [1.29, 1.82) is 0 Å². The first-order valence-corrected chi connectivity index (χ1v) is 6.07.